The average molecular weight is 472 g/mol. The Labute approximate surface area is 192 Å². The van der Waals surface area contributed by atoms with Crippen molar-refractivity contribution in [3.63, 3.8) is 0 Å². The number of hydrogen-bond donors (Lipinski definition) is 1. The Kier molecular flexibility index (Phi) is 6.87. The minimum Gasteiger partial charge on any atom is -0.444 e. The smallest absolute Gasteiger partial charge is 0.444 e. The number of alkyl halides is 3. The van der Waals surface area contributed by atoms with Gasteiger partial charge in [-0.05, 0) is 57.6 Å². The highest BCUT2D eigenvalue weighted by atomic mass is 19.4. The first kappa shape index (κ1) is 25.1. The molecule has 3 rings (SSSR count). The molecular weight excluding hydrogens is 439 g/mol. The van der Waals surface area contributed by atoms with Gasteiger partial charge in [0.15, 0.2) is 0 Å². The maximum atomic E-state index is 13.7. The summed E-state index contributed by atoms with van der Waals surface area (Å²) in [7, 11) is 0. The third kappa shape index (κ3) is 6.09. The average Bonchev–Trinajstić information content (AvgIpc) is 3.09. The van der Waals surface area contributed by atoms with Crippen LogP contribution in [0.4, 0.5) is 18.0 Å². The number of pyridine rings is 1. The summed E-state index contributed by atoms with van der Waals surface area (Å²) >= 11 is 0. The van der Waals surface area contributed by atoms with E-state index in [0.717, 1.165) is 6.20 Å². The van der Waals surface area contributed by atoms with Gasteiger partial charge in [-0.15, -0.1) is 13.2 Å². The molecule has 0 aromatic carbocycles. The molecular formula is C23H32F3N3O4. The molecule has 2 atom stereocenters. The molecule has 2 amide bonds. The van der Waals surface area contributed by atoms with E-state index in [1.807, 2.05) is 13.8 Å². The lowest BCUT2D eigenvalue weighted by atomic mass is 9.74. The van der Waals surface area contributed by atoms with Gasteiger partial charge in [-0.25, -0.2) is 4.79 Å². The van der Waals surface area contributed by atoms with Crippen LogP contribution in [-0.4, -0.2) is 46.4 Å². The molecule has 0 saturated heterocycles. The first-order valence-electron chi connectivity index (χ1n) is 11.2. The van der Waals surface area contributed by atoms with Gasteiger partial charge in [-0.3, -0.25) is 9.78 Å². The van der Waals surface area contributed by atoms with Crippen LogP contribution in [0.3, 0.4) is 0 Å². The van der Waals surface area contributed by atoms with E-state index in [4.69, 9.17) is 4.74 Å². The van der Waals surface area contributed by atoms with Crippen molar-refractivity contribution in [2.75, 3.05) is 6.54 Å². The maximum absolute atomic E-state index is 13.7. The molecule has 2 heterocycles. The quantitative estimate of drug-likeness (QED) is 0.695. The van der Waals surface area contributed by atoms with Crippen LogP contribution >= 0.6 is 0 Å². The van der Waals surface area contributed by atoms with E-state index in [0.29, 0.717) is 43.5 Å². The van der Waals surface area contributed by atoms with Crippen molar-refractivity contribution in [2.45, 2.75) is 84.9 Å². The summed E-state index contributed by atoms with van der Waals surface area (Å²) in [6.07, 6.45) is -2.04. The first-order valence-corrected chi connectivity index (χ1v) is 11.2. The minimum absolute atomic E-state index is 0.0230. The molecule has 2 aliphatic rings. The van der Waals surface area contributed by atoms with E-state index < -0.39 is 29.2 Å². The number of carbonyl (C=O) groups is 2. The van der Waals surface area contributed by atoms with E-state index in [9.17, 15) is 22.8 Å². The number of hydrogen-bond acceptors (Lipinski definition) is 5. The van der Waals surface area contributed by atoms with E-state index in [2.05, 4.69) is 15.0 Å². The molecule has 1 N–H and O–H groups in total. The Hall–Kier alpha value is -2.52. The zero-order valence-electron chi connectivity index (χ0n) is 19.7. The highest BCUT2D eigenvalue weighted by molar-refractivity contribution is 5.84. The lowest BCUT2D eigenvalue weighted by Gasteiger charge is -2.39. The SMILES string of the molecule is CC(C)C1(C(=O)N2CCc3ncc(OC(F)(F)F)cc3C2)CCC(NC(=O)OC(C)(C)C)C1. The van der Waals surface area contributed by atoms with Crippen LogP contribution in [0.1, 0.15) is 65.1 Å². The van der Waals surface area contributed by atoms with Crippen LogP contribution in [0.5, 0.6) is 5.75 Å². The number of ether oxygens (including phenoxy) is 2. The van der Waals surface area contributed by atoms with Crippen molar-refractivity contribution in [3.8, 4) is 5.75 Å². The van der Waals surface area contributed by atoms with Crippen LogP contribution in [0.25, 0.3) is 0 Å². The van der Waals surface area contributed by atoms with Crippen molar-refractivity contribution >= 4 is 12.0 Å². The van der Waals surface area contributed by atoms with Crippen molar-refractivity contribution in [3.05, 3.63) is 23.5 Å². The summed E-state index contributed by atoms with van der Waals surface area (Å²) in [6.45, 7) is 9.96. The molecule has 0 bridgehead atoms. The van der Waals surface area contributed by atoms with Gasteiger partial charge >= 0.3 is 12.5 Å². The van der Waals surface area contributed by atoms with Crippen LogP contribution in [0.2, 0.25) is 0 Å². The molecule has 1 aromatic rings. The number of aromatic nitrogens is 1. The lowest BCUT2D eigenvalue weighted by Crippen LogP contribution is -2.48. The molecule has 2 unspecified atom stereocenters. The molecule has 0 radical (unpaired) electrons. The van der Waals surface area contributed by atoms with Crippen LogP contribution in [0, 0.1) is 11.3 Å². The van der Waals surface area contributed by atoms with E-state index >= 15 is 0 Å². The van der Waals surface area contributed by atoms with E-state index in [1.54, 1.807) is 25.7 Å². The second-order valence-electron chi connectivity index (χ2n) is 10.2. The largest absolute Gasteiger partial charge is 0.573 e. The summed E-state index contributed by atoms with van der Waals surface area (Å²) < 4.78 is 47.1. The Morgan fingerprint density at radius 2 is 1.97 bits per heavy atom. The number of nitrogens with zero attached hydrogens (tertiary/aromatic N) is 2. The number of carbonyl (C=O) groups excluding carboxylic acids is 2. The first-order chi connectivity index (χ1) is 15.2. The number of rotatable bonds is 4. The summed E-state index contributed by atoms with van der Waals surface area (Å²) in [4.78, 5) is 31.7. The molecule has 1 aromatic heterocycles. The summed E-state index contributed by atoms with van der Waals surface area (Å²) in [6, 6.07) is 1.12. The fraction of sp³-hybridized carbons (Fsp3) is 0.696. The lowest BCUT2D eigenvalue weighted by molar-refractivity contribution is -0.274. The van der Waals surface area contributed by atoms with Gasteiger partial charge in [0.2, 0.25) is 5.91 Å². The summed E-state index contributed by atoms with van der Waals surface area (Å²) in [5.41, 5.74) is -0.0536. The van der Waals surface area contributed by atoms with Crippen LogP contribution in [0.15, 0.2) is 12.3 Å². The standard InChI is InChI=1S/C23H32F3N3O4/c1-14(2)22(8-6-16(11-22)28-20(31)33-21(3,4)5)19(30)29-9-7-18-15(13-29)10-17(12-27-18)32-23(24,25)26/h10,12,14,16H,6-9,11,13H2,1-5H3,(H,28,31). The Morgan fingerprint density at radius 3 is 2.58 bits per heavy atom. The fourth-order valence-corrected chi connectivity index (χ4v) is 4.72. The molecule has 1 aliphatic heterocycles. The Balaban J connectivity index is 1.72. The van der Waals surface area contributed by atoms with Crippen molar-refractivity contribution < 1.29 is 32.2 Å². The van der Waals surface area contributed by atoms with Crippen molar-refractivity contribution in [1.29, 1.82) is 0 Å². The Morgan fingerprint density at radius 1 is 1.27 bits per heavy atom. The summed E-state index contributed by atoms with van der Waals surface area (Å²) in [5.74, 6) is -0.412. The van der Waals surface area contributed by atoms with Crippen LogP contribution < -0.4 is 10.1 Å². The summed E-state index contributed by atoms with van der Waals surface area (Å²) in [5, 5.41) is 2.88. The molecule has 10 heteroatoms. The fourth-order valence-electron chi connectivity index (χ4n) is 4.72. The zero-order valence-corrected chi connectivity index (χ0v) is 19.7. The van der Waals surface area contributed by atoms with Crippen molar-refractivity contribution in [1.82, 2.24) is 15.2 Å². The van der Waals surface area contributed by atoms with Gasteiger partial charge in [0, 0.05) is 31.2 Å². The predicted octanol–water partition coefficient (Wildman–Crippen LogP) is 4.58. The highest BCUT2D eigenvalue weighted by Crippen LogP contribution is 2.46. The predicted molar refractivity (Wildman–Crippen MR) is 114 cm³/mol. The molecule has 33 heavy (non-hydrogen) atoms. The van der Waals surface area contributed by atoms with Crippen molar-refractivity contribution in [2.24, 2.45) is 11.3 Å². The number of alkyl carbamates (subject to hydrolysis) is 1. The normalized spacial score (nSPS) is 23.3. The van der Waals surface area contributed by atoms with Crippen LogP contribution in [-0.2, 0) is 22.5 Å². The van der Waals surface area contributed by atoms with Gasteiger partial charge < -0.3 is 19.7 Å². The number of halogens is 3. The highest BCUT2D eigenvalue weighted by Gasteiger charge is 2.50. The number of fused-ring (bicyclic) bond motifs is 1. The van der Waals surface area contributed by atoms with E-state index in [1.165, 1.54) is 6.07 Å². The molecule has 1 fully saturated rings. The number of nitrogens with one attached hydrogen (secondary N) is 1. The molecule has 7 nitrogen and oxygen atoms in total. The topological polar surface area (TPSA) is 80.8 Å². The maximum Gasteiger partial charge on any atom is 0.573 e. The van der Waals surface area contributed by atoms with E-state index in [-0.39, 0.29) is 24.4 Å². The third-order valence-electron chi connectivity index (χ3n) is 6.34. The zero-order chi connectivity index (χ0) is 24.6. The molecule has 0 spiro atoms. The monoisotopic (exact) mass is 471 g/mol. The second kappa shape index (κ2) is 9.02. The van der Waals surface area contributed by atoms with Gasteiger partial charge in [-0.2, -0.15) is 0 Å². The second-order valence-corrected chi connectivity index (χ2v) is 10.2. The van der Waals surface area contributed by atoms with Gasteiger partial charge in [0.05, 0.1) is 11.6 Å². The minimum atomic E-state index is -4.80. The van der Waals surface area contributed by atoms with Gasteiger partial charge in [-0.1, -0.05) is 13.8 Å². The van der Waals surface area contributed by atoms with Gasteiger partial charge in [0.1, 0.15) is 11.4 Å². The number of amides is 2. The Bertz CT molecular complexity index is 898. The third-order valence-corrected chi connectivity index (χ3v) is 6.34. The molecule has 184 valence electrons. The molecule has 1 saturated carbocycles. The van der Waals surface area contributed by atoms with Gasteiger partial charge in [0.25, 0.3) is 0 Å². The molecule has 1 aliphatic carbocycles.